The summed E-state index contributed by atoms with van der Waals surface area (Å²) < 4.78 is 5.19. The fraction of sp³-hybridized carbons (Fsp3) is 0.154. The zero-order valence-electron chi connectivity index (χ0n) is 10.8. The van der Waals surface area contributed by atoms with Crippen LogP contribution in [0.15, 0.2) is 39.9 Å². The Labute approximate surface area is 135 Å². The molecule has 0 saturated carbocycles. The highest BCUT2D eigenvalue weighted by atomic mass is 79.9. The van der Waals surface area contributed by atoms with Gasteiger partial charge in [-0.15, -0.1) is 0 Å². The predicted octanol–water partition coefficient (Wildman–Crippen LogP) is 3.21. The molecular weight excluding hydrogens is 356 g/mol. The van der Waals surface area contributed by atoms with Crippen molar-refractivity contribution >= 4 is 51.0 Å². The molecular formula is C13H13BrN4S2. The van der Waals surface area contributed by atoms with E-state index < -0.39 is 0 Å². The summed E-state index contributed by atoms with van der Waals surface area (Å²) in [7, 11) is 0. The van der Waals surface area contributed by atoms with Gasteiger partial charge in [-0.05, 0) is 52.2 Å². The van der Waals surface area contributed by atoms with Gasteiger partial charge in [0.05, 0.1) is 21.3 Å². The number of nitrogens with zero attached hydrogens (tertiary/aromatic N) is 2. The van der Waals surface area contributed by atoms with Crippen LogP contribution in [0.1, 0.15) is 16.1 Å². The van der Waals surface area contributed by atoms with Crippen LogP contribution < -0.4 is 10.7 Å². The van der Waals surface area contributed by atoms with Gasteiger partial charge in [0.15, 0.2) is 5.11 Å². The van der Waals surface area contributed by atoms with Crippen LogP contribution in [0.5, 0.6) is 0 Å². The number of aryl methyl sites for hydroxylation is 1. The summed E-state index contributed by atoms with van der Waals surface area (Å²) >= 11 is 9.99. The fourth-order valence-electron chi connectivity index (χ4n) is 1.42. The van der Waals surface area contributed by atoms with Crippen LogP contribution in [-0.4, -0.2) is 15.7 Å². The maximum Gasteiger partial charge on any atom is 0.187 e. The molecule has 0 bridgehead atoms. The lowest BCUT2D eigenvalue weighted by molar-refractivity contribution is 0.869. The molecule has 2 rings (SSSR count). The summed E-state index contributed by atoms with van der Waals surface area (Å²) in [6, 6.07) is 10.1. The van der Waals surface area contributed by atoms with E-state index in [2.05, 4.69) is 36.1 Å². The Morgan fingerprint density at radius 2 is 2.20 bits per heavy atom. The van der Waals surface area contributed by atoms with Gasteiger partial charge in [-0.1, -0.05) is 30.3 Å². The molecule has 0 unspecified atom stereocenters. The predicted molar refractivity (Wildman–Crippen MR) is 91.2 cm³/mol. The van der Waals surface area contributed by atoms with Gasteiger partial charge in [0.1, 0.15) is 0 Å². The van der Waals surface area contributed by atoms with Crippen LogP contribution in [0, 0.1) is 6.92 Å². The Morgan fingerprint density at radius 1 is 1.45 bits per heavy atom. The second kappa shape index (κ2) is 7.47. The van der Waals surface area contributed by atoms with E-state index in [4.69, 9.17) is 12.2 Å². The maximum atomic E-state index is 5.15. The fourth-order valence-corrected chi connectivity index (χ4v) is 2.73. The number of hydrogen-bond donors (Lipinski definition) is 2. The number of halogens is 1. The number of nitrogens with one attached hydrogen (secondary N) is 2. The van der Waals surface area contributed by atoms with Crippen LogP contribution in [-0.2, 0) is 6.54 Å². The van der Waals surface area contributed by atoms with Gasteiger partial charge >= 0.3 is 0 Å². The minimum Gasteiger partial charge on any atom is -0.357 e. The SMILES string of the molecule is Cc1nsc(/C=N/NC(=S)NCc2ccccc2)c1Br. The molecule has 7 heteroatoms. The van der Waals surface area contributed by atoms with Crippen molar-refractivity contribution in [3.05, 3.63) is 50.9 Å². The monoisotopic (exact) mass is 368 g/mol. The van der Waals surface area contributed by atoms with Gasteiger partial charge in [0.2, 0.25) is 0 Å². The second-order valence-corrected chi connectivity index (χ2v) is 5.99. The summed E-state index contributed by atoms with van der Waals surface area (Å²) in [5, 5.41) is 7.67. The molecule has 1 aromatic heterocycles. The highest BCUT2D eigenvalue weighted by Gasteiger charge is 2.04. The van der Waals surface area contributed by atoms with Gasteiger partial charge < -0.3 is 5.32 Å². The molecule has 104 valence electrons. The van der Waals surface area contributed by atoms with Crippen LogP contribution in [0.4, 0.5) is 0 Å². The standard InChI is InChI=1S/C13H13BrN4S2/c1-9-12(14)11(20-18-9)8-16-17-13(19)15-7-10-5-3-2-4-6-10/h2-6,8H,7H2,1H3,(H2,15,17,19)/b16-8+. The lowest BCUT2D eigenvalue weighted by Gasteiger charge is -2.06. The van der Waals surface area contributed by atoms with Gasteiger partial charge in [0.25, 0.3) is 0 Å². The summed E-state index contributed by atoms with van der Waals surface area (Å²) in [6.45, 7) is 2.61. The van der Waals surface area contributed by atoms with Crippen molar-refractivity contribution in [2.45, 2.75) is 13.5 Å². The van der Waals surface area contributed by atoms with Crippen molar-refractivity contribution < 1.29 is 0 Å². The first-order chi connectivity index (χ1) is 9.66. The van der Waals surface area contributed by atoms with E-state index in [1.807, 2.05) is 37.3 Å². The highest BCUT2D eigenvalue weighted by molar-refractivity contribution is 9.10. The first-order valence-electron chi connectivity index (χ1n) is 5.89. The molecule has 0 fully saturated rings. The van der Waals surface area contributed by atoms with Gasteiger partial charge in [0, 0.05) is 6.54 Å². The first-order valence-corrected chi connectivity index (χ1v) is 7.87. The third-order valence-corrected chi connectivity index (χ3v) is 4.83. The van der Waals surface area contributed by atoms with Crippen LogP contribution in [0.2, 0.25) is 0 Å². The van der Waals surface area contributed by atoms with Crippen molar-refractivity contribution in [1.82, 2.24) is 15.1 Å². The average Bonchev–Trinajstić information content (AvgIpc) is 2.78. The van der Waals surface area contributed by atoms with Crippen molar-refractivity contribution in [1.29, 1.82) is 0 Å². The molecule has 0 saturated heterocycles. The van der Waals surface area contributed by atoms with Gasteiger partial charge in [-0.3, -0.25) is 5.43 Å². The number of aromatic nitrogens is 1. The summed E-state index contributed by atoms with van der Waals surface area (Å²) in [5.41, 5.74) is 4.91. The summed E-state index contributed by atoms with van der Waals surface area (Å²) in [5.74, 6) is 0. The summed E-state index contributed by atoms with van der Waals surface area (Å²) in [6.07, 6.45) is 1.70. The quantitative estimate of drug-likeness (QED) is 0.494. The Bertz CT molecular complexity index is 610. The number of benzene rings is 1. The number of hydrogen-bond acceptors (Lipinski definition) is 4. The van der Waals surface area contributed by atoms with Crippen molar-refractivity contribution in [3.63, 3.8) is 0 Å². The largest absolute Gasteiger partial charge is 0.357 e. The van der Waals surface area contributed by atoms with E-state index in [1.165, 1.54) is 17.1 Å². The minimum atomic E-state index is 0.488. The average molecular weight is 369 g/mol. The van der Waals surface area contributed by atoms with E-state index in [1.54, 1.807) is 6.21 Å². The Morgan fingerprint density at radius 3 is 2.85 bits per heavy atom. The Hall–Kier alpha value is -1.31. The number of thiocarbonyl (C=S) groups is 1. The number of rotatable bonds is 4. The van der Waals surface area contributed by atoms with Gasteiger partial charge in [-0.25, -0.2) is 0 Å². The molecule has 0 aliphatic carbocycles. The van der Waals surface area contributed by atoms with Crippen molar-refractivity contribution in [2.75, 3.05) is 0 Å². The Kier molecular flexibility index (Phi) is 5.63. The van der Waals surface area contributed by atoms with Crippen LogP contribution >= 0.6 is 39.7 Å². The molecule has 0 spiro atoms. The zero-order valence-corrected chi connectivity index (χ0v) is 14.0. The second-order valence-electron chi connectivity index (χ2n) is 3.98. The third kappa shape index (κ3) is 4.36. The molecule has 2 N–H and O–H groups in total. The molecule has 0 aliphatic heterocycles. The molecule has 1 heterocycles. The van der Waals surface area contributed by atoms with E-state index in [0.717, 1.165) is 15.0 Å². The summed E-state index contributed by atoms with van der Waals surface area (Å²) in [4.78, 5) is 0.959. The molecule has 0 radical (unpaired) electrons. The lowest BCUT2D eigenvalue weighted by Crippen LogP contribution is -2.31. The van der Waals surface area contributed by atoms with E-state index >= 15 is 0 Å². The van der Waals surface area contributed by atoms with E-state index in [0.29, 0.717) is 11.7 Å². The van der Waals surface area contributed by atoms with Gasteiger partial charge in [-0.2, -0.15) is 9.47 Å². The highest BCUT2D eigenvalue weighted by Crippen LogP contribution is 2.22. The van der Waals surface area contributed by atoms with Crippen LogP contribution in [0.3, 0.4) is 0 Å². The smallest absolute Gasteiger partial charge is 0.187 e. The number of hydrazone groups is 1. The topological polar surface area (TPSA) is 49.3 Å². The third-order valence-electron chi connectivity index (χ3n) is 2.46. The minimum absolute atomic E-state index is 0.488. The molecule has 20 heavy (non-hydrogen) atoms. The molecule has 0 atom stereocenters. The molecule has 2 aromatic rings. The molecule has 1 aromatic carbocycles. The van der Waals surface area contributed by atoms with Crippen molar-refractivity contribution in [3.8, 4) is 0 Å². The lowest BCUT2D eigenvalue weighted by atomic mass is 10.2. The van der Waals surface area contributed by atoms with Crippen LogP contribution in [0.25, 0.3) is 0 Å². The van der Waals surface area contributed by atoms with E-state index in [-0.39, 0.29) is 0 Å². The Balaban J connectivity index is 1.79. The molecule has 0 amide bonds. The molecule has 4 nitrogen and oxygen atoms in total. The maximum absolute atomic E-state index is 5.15. The van der Waals surface area contributed by atoms with E-state index in [9.17, 15) is 0 Å². The zero-order chi connectivity index (χ0) is 14.4. The first kappa shape index (κ1) is 15.1. The van der Waals surface area contributed by atoms with Crippen molar-refractivity contribution in [2.24, 2.45) is 5.10 Å². The normalized spacial score (nSPS) is 10.7. The molecule has 0 aliphatic rings.